The van der Waals surface area contributed by atoms with E-state index in [0.29, 0.717) is 0 Å². The molecular weight excluding hydrogens is 256 g/mol. The molecule has 4 nitrogen and oxygen atoms in total. The summed E-state index contributed by atoms with van der Waals surface area (Å²) in [5, 5.41) is 9.01. The Labute approximate surface area is 107 Å². The molecule has 6 heteroatoms. The smallest absolute Gasteiger partial charge is 0.341 e. The van der Waals surface area contributed by atoms with Crippen LogP contribution < -0.4 is 10.5 Å². The SMILES string of the molecule is Nc1c(F)ccc(Oc2ccc(F)cc2)c1C(=O)O. The first kappa shape index (κ1) is 12.8. The van der Waals surface area contributed by atoms with Gasteiger partial charge in [-0.25, -0.2) is 13.6 Å². The van der Waals surface area contributed by atoms with Crippen LogP contribution in [0.5, 0.6) is 11.5 Å². The maximum absolute atomic E-state index is 13.2. The molecule has 3 N–H and O–H groups in total. The average molecular weight is 265 g/mol. The molecule has 0 aliphatic rings. The van der Waals surface area contributed by atoms with E-state index < -0.39 is 28.9 Å². The van der Waals surface area contributed by atoms with Crippen molar-refractivity contribution in [2.75, 3.05) is 5.73 Å². The molecule has 0 aromatic heterocycles. The molecule has 0 saturated heterocycles. The van der Waals surface area contributed by atoms with Gasteiger partial charge in [0.25, 0.3) is 0 Å². The van der Waals surface area contributed by atoms with Gasteiger partial charge in [-0.1, -0.05) is 0 Å². The van der Waals surface area contributed by atoms with Crippen molar-refractivity contribution < 1.29 is 23.4 Å². The van der Waals surface area contributed by atoms with Gasteiger partial charge in [-0.15, -0.1) is 0 Å². The van der Waals surface area contributed by atoms with E-state index in [-0.39, 0.29) is 11.5 Å². The standard InChI is InChI=1S/C13H9F2NO3/c14-7-1-3-8(4-2-7)19-10-6-5-9(15)12(16)11(10)13(17)18/h1-6H,16H2,(H,17,18). The Bertz CT molecular complexity index is 627. The molecule has 0 fully saturated rings. The topological polar surface area (TPSA) is 72.5 Å². The Morgan fingerprint density at radius 1 is 1.11 bits per heavy atom. The summed E-state index contributed by atoms with van der Waals surface area (Å²) < 4.78 is 31.2. The van der Waals surface area contributed by atoms with Crippen molar-refractivity contribution in [2.45, 2.75) is 0 Å². The first-order valence-corrected chi connectivity index (χ1v) is 5.23. The molecule has 0 aliphatic carbocycles. The summed E-state index contributed by atoms with van der Waals surface area (Å²) in [7, 11) is 0. The van der Waals surface area contributed by atoms with Crippen LogP contribution in [0.2, 0.25) is 0 Å². The Balaban J connectivity index is 2.42. The summed E-state index contributed by atoms with van der Waals surface area (Å²) in [5.41, 5.74) is 4.39. The first-order valence-electron chi connectivity index (χ1n) is 5.23. The maximum Gasteiger partial charge on any atom is 0.341 e. The lowest BCUT2D eigenvalue weighted by Crippen LogP contribution is -2.07. The molecule has 98 valence electrons. The second-order valence-electron chi connectivity index (χ2n) is 3.70. The number of rotatable bonds is 3. The van der Waals surface area contributed by atoms with Gasteiger partial charge in [-0.3, -0.25) is 0 Å². The van der Waals surface area contributed by atoms with Gasteiger partial charge in [-0.05, 0) is 36.4 Å². The molecule has 0 radical (unpaired) electrons. The van der Waals surface area contributed by atoms with Gasteiger partial charge in [0.15, 0.2) is 0 Å². The predicted molar refractivity (Wildman–Crippen MR) is 64.2 cm³/mol. The third kappa shape index (κ3) is 2.62. The molecule has 0 atom stereocenters. The minimum Gasteiger partial charge on any atom is -0.477 e. The highest BCUT2D eigenvalue weighted by Gasteiger charge is 2.19. The van der Waals surface area contributed by atoms with Gasteiger partial charge in [0.2, 0.25) is 0 Å². The van der Waals surface area contributed by atoms with Crippen LogP contribution in [0, 0.1) is 11.6 Å². The largest absolute Gasteiger partial charge is 0.477 e. The van der Waals surface area contributed by atoms with E-state index >= 15 is 0 Å². The fraction of sp³-hybridized carbons (Fsp3) is 0. The number of anilines is 1. The molecule has 0 saturated carbocycles. The first-order chi connectivity index (χ1) is 8.99. The number of carboxylic acid groups (broad SMARTS) is 1. The summed E-state index contributed by atoms with van der Waals surface area (Å²) >= 11 is 0. The van der Waals surface area contributed by atoms with Gasteiger partial charge in [0.05, 0.1) is 5.69 Å². The van der Waals surface area contributed by atoms with Gasteiger partial charge >= 0.3 is 5.97 Å². The van der Waals surface area contributed by atoms with E-state index in [1.165, 1.54) is 12.1 Å². The molecule has 0 bridgehead atoms. The van der Waals surface area contributed by atoms with Crippen molar-refractivity contribution in [1.82, 2.24) is 0 Å². The molecule has 2 aromatic rings. The van der Waals surface area contributed by atoms with Crippen LogP contribution >= 0.6 is 0 Å². The minimum atomic E-state index is -1.41. The average Bonchev–Trinajstić information content (AvgIpc) is 2.36. The number of ether oxygens (including phenoxy) is 1. The second-order valence-corrected chi connectivity index (χ2v) is 3.70. The lowest BCUT2D eigenvalue weighted by atomic mass is 10.1. The monoisotopic (exact) mass is 265 g/mol. The van der Waals surface area contributed by atoms with E-state index in [2.05, 4.69) is 0 Å². The normalized spacial score (nSPS) is 10.2. The van der Waals surface area contributed by atoms with Crippen molar-refractivity contribution in [1.29, 1.82) is 0 Å². The lowest BCUT2D eigenvalue weighted by molar-refractivity contribution is 0.0695. The quantitative estimate of drug-likeness (QED) is 0.836. The fourth-order valence-corrected chi connectivity index (χ4v) is 1.51. The number of hydrogen-bond acceptors (Lipinski definition) is 3. The summed E-state index contributed by atoms with van der Waals surface area (Å²) in [5.74, 6) is -2.60. The Morgan fingerprint density at radius 2 is 1.74 bits per heavy atom. The minimum absolute atomic E-state index is 0.113. The Morgan fingerprint density at radius 3 is 2.32 bits per heavy atom. The Hall–Kier alpha value is -2.63. The van der Waals surface area contributed by atoms with Crippen LogP contribution in [0.15, 0.2) is 36.4 Å². The maximum atomic E-state index is 13.2. The second kappa shape index (κ2) is 4.93. The zero-order valence-electron chi connectivity index (χ0n) is 9.56. The van der Waals surface area contributed by atoms with Crippen LogP contribution in [-0.2, 0) is 0 Å². The number of carboxylic acids is 1. The van der Waals surface area contributed by atoms with Crippen LogP contribution in [0.4, 0.5) is 14.5 Å². The number of hydrogen-bond donors (Lipinski definition) is 2. The van der Waals surface area contributed by atoms with E-state index in [1.54, 1.807) is 0 Å². The zero-order valence-corrected chi connectivity index (χ0v) is 9.56. The van der Waals surface area contributed by atoms with Crippen LogP contribution in [0.3, 0.4) is 0 Å². The predicted octanol–water partition coefficient (Wildman–Crippen LogP) is 3.04. The summed E-state index contributed by atoms with van der Waals surface area (Å²) in [6, 6.07) is 7.10. The molecule has 2 rings (SSSR count). The van der Waals surface area contributed by atoms with Gasteiger partial charge < -0.3 is 15.6 Å². The Kier molecular flexibility index (Phi) is 3.33. The van der Waals surface area contributed by atoms with Crippen LogP contribution in [0.1, 0.15) is 10.4 Å². The van der Waals surface area contributed by atoms with Crippen molar-refractivity contribution in [2.24, 2.45) is 0 Å². The number of carbonyl (C=O) groups is 1. The highest BCUT2D eigenvalue weighted by Crippen LogP contribution is 2.31. The fourth-order valence-electron chi connectivity index (χ4n) is 1.51. The summed E-state index contributed by atoms with van der Waals surface area (Å²) in [6.07, 6.45) is 0. The number of benzene rings is 2. The third-order valence-corrected chi connectivity index (χ3v) is 2.41. The summed E-state index contributed by atoms with van der Waals surface area (Å²) in [6.45, 7) is 0. The zero-order chi connectivity index (χ0) is 14.0. The number of nitrogen functional groups attached to an aromatic ring is 1. The molecule has 0 aliphatic heterocycles. The molecule has 0 spiro atoms. The van der Waals surface area contributed by atoms with Crippen LogP contribution in [0.25, 0.3) is 0 Å². The van der Waals surface area contributed by atoms with E-state index in [1.807, 2.05) is 0 Å². The highest BCUT2D eigenvalue weighted by molar-refractivity contribution is 5.97. The molecular formula is C13H9F2NO3. The summed E-state index contributed by atoms with van der Waals surface area (Å²) in [4.78, 5) is 11.1. The number of halogens is 2. The van der Waals surface area contributed by atoms with Gasteiger partial charge in [0, 0.05) is 0 Å². The van der Waals surface area contributed by atoms with Crippen molar-refractivity contribution >= 4 is 11.7 Å². The molecule has 0 amide bonds. The van der Waals surface area contributed by atoms with E-state index in [4.69, 9.17) is 15.6 Å². The molecule has 19 heavy (non-hydrogen) atoms. The number of nitrogens with two attached hydrogens (primary N) is 1. The molecule has 0 heterocycles. The van der Waals surface area contributed by atoms with E-state index in [0.717, 1.165) is 24.3 Å². The molecule has 0 unspecified atom stereocenters. The lowest BCUT2D eigenvalue weighted by Gasteiger charge is -2.11. The van der Waals surface area contributed by atoms with Crippen molar-refractivity contribution in [3.05, 3.63) is 53.6 Å². The number of aromatic carboxylic acids is 1. The highest BCUT2D eigenvalue weighted by atomic mass is 19.1. The van der Waals surface area contributed by atoms with E-state index in [9.17, 15) is 13.6 Å². The molecule has 2 aromatic carbocycles. The van der Waals surface area contributed by atoms with Crippen LogP contribution in [-0.4, -0.2) is 11.1 Å². The van der Waals surface area contributed by atoms with Crippen molar-refractivity contribution in [3.63, 3.8) is 0 Å². The van der Waals surface area contributed by atoms with Gasteiger partial charge in [0.1, 0.15) is 28.7 Å². The third-order valence-electron chi connectivity index (χ3n) is 2.41. The van der Waals surface area contributed by atoms with Gasteiger partial charge in [-0.2, -0.15) is 0 Å². The van der Waals surface area contributed by atoms with Crippen molar-refractivity contribution in [3.8, 4) is 11.5 Å².